The molecule has 0 saturated carbocycles. The molecular weight excluding hydrogens is 265 g/mol. The van der Waals surface area contributed by atoms with Gasteiger partial charge in [0.05, 0.1) is 12.4 Å². The molecule has 14 heavy (non-hydrogen) atoms. The molecule has 1 rings (SSSR count). The number of hydrogen-bond donors (Lipinski definition) is 1. The molecule has 1 atom stereocenters. The molecule has 2 nitrogen and oxygen atoms in total. The quantitative estimate of drug-likeness (QED) is 0.915. The fraction of sp³-hybridized carbons (Fsp3) is 0.500. The molecule has 0 spiro atoms. The molecule has 1 unspecified atom stereocenters. The first-order valence-electron chi connectivity index (χ1n) is 3.88. The van der Waals surface area contributed by atoms with Gasteiger partial charge in [-0.3, -0.25) is 0 Å². The lowest BCUT2D eigenvalue weighted by atomic mass is 10.1. The van der Waals surface area contributed by atoms with Crippen LogP contribution in [0.3, 0.4) is 0 Å². The van der Waals surface area contributed by atoms with Gasteiger partial charge in [0.1, 0.15) is 0 Å². The second kappa shape index (κ2) is 4.35. The van der Waals surface area contributed by atoms with Crippen molar-refractivity contribution in [2.75, 3.05) is 0 Å². The number of aliphatic hydroxyl groups is 1. The number of aliphatic hydroxyl groups excluding tert-OH is 1. The van der Waals surface area contributed by atoms with E-state index in [0.717, 1.165) is 0 Å². The average molecular weight is 273 g/mol. The summed E-state index contributed by atoms with van der Waals surface area (Å²) in [6.45, 7) is 0. The van der Waals surface area contributed by atoms with Crippen LogP contribution < -0.4 is 0 Å². The highest BCUT2D eigenvalue weighted by Gasteiger charge is 2.28. The van der Waals surface area contributed by atoms with Crippen molar-refractivity contribution >= 4 is 15.9 Å². The van der Waals surface area contributed by atoms with Gasteiger partial charge in [-0.1, -0.05) is 0 Å². The van der Waals surface area contributed by atoms with Crippen LogP contribution in [-0.2, 0) is 0 Å². The van der Waals surface area contributed by atoms with Gasteiger partial charge in [-0.15, -0.1) is 0 Å². The van der Waals surface area contributed by atoms with Gasteiger partial charge in [0.25, 0.3) is 0 Å². The minimum Gasteiger partial charge on any atom is -0.457 e. The van der Waals surface area contributed by atoms with Gasteiger partial charge in [-0.25, -0.2) is 0 Å². The lowest BCUT2D eigenvalue weighted by Crippen LogP contribution is -2.09. The fourth-order valence-electron chi connectivity index (χ4n) is 0.999. The van der Waals surface area contributed by atoms with Gasteiger partial charge < -0.3 is 9.52 Å². The summed E-state index contributed by atoms with van der Waals surface area (Å²) in [7, 11) is 0. The topological polar surface area (TPSA) is 33.4 Å². The Morgan fingerprint density at radius 1 is 1.50 bits per heavy atom. The minimum absolute atomic E-state index is 0.271. The van der Waals surface area contributed by atoms with Crippen LogP contribution in [0.1, 0.15) is 24.5 Å². The monoisotopic (exact) mass is 272 g/mol. The van der Waals surface area contributed by atoms with E-state index in [-0.39, 0.29) is 11.1 Å². The Morgan fingerprint density at radius 2 is 2.14 bits per heavy atom. The standard InChI is InChI=1S/C8H8BrF3O2/c9-7-5(2-4-14-7)6(13)1-3-8(10,11)12/h2,4,6,13H,1,3H2. The number of hydrogen-bond acceptors (Lipinski definition) is 2. The molecule has 1 aromatic rings. The molecule has 80 valence electrons. The maximum Gasteiger partial charge on any atom is 0.389 e. The largest absolute Gasteiger partial charge is 0.457 e. The highest BCUT2D eigenvalue weighted by molar-refractivity contribution is 9.10. The summed E-state index contributed by atoms with van der Waals surface area (Å²) >= 11 is 2.98. The van der Waals surface area contributed by atoms with E-state index >= 15 is 0 Å². The molecular formula is C8H8BrF3O2. The number of alkyl halides is 3. The van der Waals surface area contributed by atoms with E-state index in [2.05, 4.69) is 15.9 Å². The Morgan fingerprint density at radius 3 is 2.57 bits per heavy atom. The van der Waals surface area contributed by atoms with E-state index in [4.69, 9.17) is 4.42 Å². The van der Waals surface area contributed by atoms with E-state index in [1.807, 2.05) is 0 Å². The third-order valence-electron chi connectivity index (χ3n) is 1.71. The van der Waals surface area contributed by atoms with Crippen LogP contribution in [0.2, 0.25) is 0 Å². The molecule has 0 bridgehead atoms. The maximum atomic E-state index is 11.8. The van der Waals surface area contributed by atoms with Crippen molar-refractivity contribution in [3.05, 3.63) is 22.6 Å². The number of halogens is 4. The van der Waals surface area contributed by atoms with Crippen LogP contribution in [-0.4, -0.2) is 11.3 Å². The van der Waals surface area contributed by atoms with E-state index in [1.165, 1.54) is 12.3 Å². The maximum absolute atomic E-state index is 11.8. The Balaban J connectivity index is 2.51. The first-order valence-corrected chi connectivity index (χ1v) is 4.67. The molecule has 6 heteroatoms. The zero-order valence-electron chi connectivity index (χ0n) is 7.01. The SMILES string of the molecule is OC(CCC(F)(F)F)c1ccoc1Br. The molecule has 0 aliphatic rings. The van der Waals surface area contributed by atoms with Gasteiger partial charge >= 0.3 is 6.18 Å². The van der Waals surface area contributed by atoms with Crippen molar-refractivity contribution in [3.8, 4) is 0 Å². The van der Waals surface area contributed by atoms with Gasteiger partial charge in [0.15, 0.2) is 4.67 Å². The zero-order valence-corrected chi connectivity index (χ0v) is 8.60. The molecule has 1 N–H and O–H groups in total. The minimum atomic E-state index is -4.24. The molecule has 0 aromatic carbocycles. The van der Waals surface area contributed by atoms with Crippen LogP contribution >= 0.6 is 15.9 Å². The predicted octanol–water partition coefficient (Wildman–Crippen LogP) is 3.42. The molecule has 1 heterocycles. The van der Waals surface area contributed by atoms with Crippen molar-refractivity contribution in [2.45, 2.75) is 25.1 Å². The lowest BCUT2D eigenvalue weighted by molar-refractivity contribution is -0.140. The summed E-state index contributed by atoms with van der Waals surface area (Å²) in [5.74, 6) is 0. The predicted molar refractivity (Wildman–Crippen MR) is 46.7 cm³/mol. The fourth-order valence-corrected chi connectivity index (χ4v) is 1.50. The Hall–Kier alpha value is -0.490. The first-order chi connectivity index (χ1) is 6.40. The summed E-state index contributed by atoms with van der Waals surface area (Å²) in [4.78, 5) is 0. The van der Waals surface area contributed by atoms with E-state index in [9.17, 15) is 18.3 Å². The number of rotatable bonds is 3. The van der Waals surface area contributed by atoms with E-state index in [1.54, 1.807) is 0 Å². The molecule has 1 aromatic heterocycles. The van der Waals surface area contributed by atoms with Crippen molar-refractivity contribution in [1.82, 2.24) is 0 Å². The van der Waals surface area contributed by atoms with Gasteiger partial charge in [0, 0.05) is 12.0 Å². The molecule has 0 radical (unpaired) electrons. The van der Waals surface area contributed by atoms with E-state index < -0.39 is 18.7 Å². The normalized spacial score (nSPS) is 14.4. The molecule has 0 aliphatic heterocycles. The van der Waals surface area contributed by atoms with Crippen molar-refractivity contribution in [1.29, 1.82) is 0 Å². The van der Waals surface area contributed by atoms with Crippen molar-refractivity contribution < 1.29 is 22.7 Å². The van der Waals surface area contributed by atoms with Crippen molar-refractivity contribution in [3.63, 3.8) is 0 Å². The van der Waals surface area contributed by atoms with Crippen molar-refractivity contribution in [2.24, 2.45) is 0 Å². The Labute approximate surface area is 86.8 Å². The smallest absolute Gasteiger partial charge is 0.389 e. The second-order valence-corrected chi connectivity index (χ2v) is 3.54. The van der Waals surface area contributed by atoms with Gasteiger partial charge in [0.2, 0.25) is 0 Å². The first kappa shape index (κ1) is 11.6. The zero-order chi connectivity index (χ0) is 10.8. The third-order valence-corrected chi connectivity index (χ3v) is 2.35. The summed E-state index contributed by atoms with van der Waals surface area (Å²) < 4.78 is 40.5. The average Bonchev–Trinajstić information content (AvgIpc) is 2.46. The van der Waals surface area contributed by atoms with Gasteiger partial charge in [-0.2, -0.15) is 13.2 Å². The summed E-state index contributed by atoms with van der Waals surface area (Å²) in [6.07, 6.45) is -5.45. The second-order valence-electron chi connectivity index (χ2n) is 2.82. The van der Waals surface area contributed by atoms with Crippen LogP contribution in [0.4, 0.5) is 13.2 Å². The third kappa shape index (κ3) is 3.34. The molecule has 0 amide bonds. The summed E-state index contributed by atoms with van der Waals surface area (Å²) in [6, 6.07) is 1.44. The highest BCUT2D eigenvalue weighted by atomic mass is 79.9. The van der Waals surface area contributed by atoms with Crippen LogP contribution in [0, 0.1) is 0 Å². The number of furan rings is 1. The summed E-state index contributed by atoms with van der Waals surface area (Å²) in [5.41, 5.74) is 0.342. The van der Waals surface area contributed by atoms with E-state index in [0.29, 0.717) is 5.56 Å². The lowest BCUT2D eigenvalue weighted by Gasteiger charge is -2.10. The van der Waals surface area contributed by atoms with Crippen LogP contribution in [0.25, 0.3) is 0 Å². The Bertz CT molecular complexity index is 295. The molecule has 0 saturated heterocycles. The molecule has 0 fully saturated rings. The van der Waals surface area contributed by atoms with Gasteiger partial charge in [-0.05, 0) is 28.4 Å². The Kier molecular flexibility index (Phi) is 3.60. The highest BCUT2D eigenvalue weighted by Crippen LogP contribution is 2.31. The van der Waals surface area contributed by atoms with Crippen LogP contribution in [0.15, 0.2) is 21.4 Å². The molecule has 0 aliphatic carbocycles. The summed E-state index contributed by atoms with van der Waals surface area (Å²) in [5, 5.41) is 9.36. The van der Waals surface area contributed by atoms with Crippen LogP contribution in [0.5, 0.6) is 0 Å².